The van der Waals surface area contributed by atoms with E-state index in [-0.39, 0.29) is 18.0 Å². The van der Waals surface area contributed by atoms with Crippen LogP contribution in [0.4, 0.5) is 10.5 Å². The number of hydrogen-bond acceptors (Lipinski definition) is 3. The van der Waals surface area contributed by atoms with Gasteiger partial charge in [0.1, 0.15) is 5.75 Å². The lowest BCUT2D eigenvalue weighted by Crippen LogP contribution is -2.50. The van der Waals surface area contributed by atoms with Crippen molar-refractivity contribution in [2.75, 3.05) is 25.1 Å². The molecule has 1 aliphatic carbocycles. The summed E-state index contributed by atoms with van der Waals surface area (Å²) in [4.78, 5) is 28.8. The molecule has 1 heterocycles. The van der Waals surface area contributed by atoms with E-state index in [0.717, 1.165) is 24.3 Å². The number of rotatable bonds is 5. The molecular weight excluding hydrogens is 330 g/mol. The summed E-state index contributed by atoms with van der Waals surface area (Å²) in [5, 5.41) is 3.08. The van der Waals surface area contributed by atoms with Gasteiger partial charge in [0.05, 0.1) is 13.2 Å². The van der Waals surface area contributed by atoms with Crippen LogP contribution in [-0.2, 0) is 4.79 Å². The molecule has 0 spiro atoms. The van der Waals surface area contributed by atoms with Gasteiger partial charge >= 0.3 is 6.03 Å². The summed E-state index contributed by atoms with van der Waals surface area (Å²) in [6, 6.07) is 7.61. The number of hydrogen-bond donors (Lipinski definition) is 1. The van der Waals surface area contributed by atoms with Gasteiger partial charge in [-0.2, -0.15) is 0 Å². The van der Waals surface area contributed by atoms with Crippen molar-refractivity contribution in [2.45, 2.75) is 57.5 Å². The standard InChI is InChI=1S/C20H29N3O3/c1-3-22(16-8-5-4-6-9-16)20(25)21-15-12-19(24)23(14-15)17-10-7-11-18(13-17)26-2/h7,10-11,13,15-16H,3-6,8-9,12,14H2,1-2H3,(H,21,25)/t15-/m1/s1. The minimum Gasteiger partial charge on any atom is -0.497 e. The molecule has 0 bridgehead atoms. The van der Waals surface area contributed by atoms with Crippen LogP contribution < -0.4 is 15.0 Å². The van der Waals surface area contributed by atoms with Gasteiger partial charge in [0.25, 0.3) is 0 Å². The van der Waals surface area contributed by atoms with Crippen LogP contribution in [0.3, 0.4) is 0 Å². The summed E-state index contributed by atoms with van der Waals surface area (Å²) >= 11 is 0. The van der Waals surface area contributed by atoms with Crippen LogP contribution in [-0.4, -0.2) is 49.1 Å². The smallest absolute Gasteiger partial charge is 0.317 e. The molecule has 2 fully saturated rings. The van der Waals surface area contributed by atoms with E-state index in [9.17, 15) is 9.59 Å². The highest BCUT2D eigenvalue weighted by Crippen LogP contribution is 2.26. The van der Waals surface area contributed by atoms with Gasteiger partial charge < -0.3 is 19.9 Å². The zero-order chi connectivity index (χ0) is 18.5. The Kier molecular flexibility index (Phi) is 6.01. The summed E-state index contributed by atoms with van der Waals surface area (Å²) in [6.07, 6.45) is 6.16. The van der Waals surface area contributed by atoms with Gasteiger partial charge in [0.2, 0.25) is 5.91 Å². The third kappa shape index (κ3) is 4.11. The summed E-state index contributed by atoms with van der Waals surface area (Å²) in [7, 11) is 1.61. The zero-order valence-corrected chi connectivity index (χ0v) is 15.7. The SMILES string of the molecule is CCN(C(=O)N[C@@H]1CC(=O)N(c2cccc(OC)c2)C1)C1CCCCC1. The van der Waals surface area contributed by atoms with E-state index in [1.165, 1.54) is 19.3 Å². The molecule has 0 unspecified atom stereocenters. The maximum Gasteiger partial charge on any atom is 0.317 e. The molecule has 1 saturated heterocycles. The van der Waals surface area contributed by atoms with E-state index < -0.39 is 0 Å². The second-order valence-corrected chi connectivity index (χ2v) is 7.13. The quantitative estimate of drug-likeness (QED) is 0.878. The molecule has 1 aromatic carbocycles. The third-order valence-corrected chi connectivity index (χ3v) is 5.43. The number of ether oxygens (including phenoxy) is 1. The Morgan fingerprint density at radius 3 is 2.77 bits per heavy atom. The van der Waals surface area contributed by atoms with Crippen molar-refractivity contribution < 1.29 is 14.3 Å². The monoisotopic (exact) mass is 359 g/mol. The molecule has 0 aromatic heterocycles. The van der Waals surface area contributed by atoms with Gasteiger partial charge in [-0.3, -0.25) is 4.79 Å². The number of carbonyl (C=O) groups excluding carboxylic acids is 2. The molecule has 1 N–H and O–H groups in total. The number of benzene rings is 1. The normalized spacial score (nSPS) is 20.9. The predicted octanol–water partition coefficient (Wildman–Crippen LogP) is 3.16. The van der Waals surface area contributed by atoms with Gasteiger partial charge in [-0.05, 0) is 31.9 Å². The van der Waals surface area contributed by atoms with Crippen molar-refractivity contribution in [3.05, 3.63) is 24.3 Å². The highest BCUT2D eigenvalue weighted by atomic mass is 16.5. The van der Waals surface area contributed by atoms with E-state index in [4.69, 9.17) is 4.74 Å². The Morgan fingerprint density at radius 1 is 1.31 bits per heavy atom. The summed E-state index contributed by atoms with van der Waals surface area (Å²) in [5.74, 6) is 0.751. The Balaban J connectivity index is 1.61. The molecule has 1 aliphatic heterocycles. The van der Waals surface area contributed by atoms with Gasteiger partial charge in [-0.1, -0.05) is 25.3 Å². The fourth-order valence-corrected chi connectivity index (χ4v) is 4.05. The van der Waals surface area contributed by atoms with Crippen LogP contribution in [0.5, 0.6) is 5.75 Å². The molecule has 6 nitrogen and oxygen atoms in total. The number of methoxy groups -OCH3 is 1. The predicted molar refractivity (Wildman–Crippen MR) is 102 cm³/mol. The Bertz CT molecular complexity index is 643. The van der Waals surface area contributed by atoms with Gasteiger partial charge in [0.15, 0.2) is 0 Å². The topological polar surface area (TPSA) is 61.9 Å². The number of nitrogens with zero attached hydrogens (tertiary/aromatic N) is 2. The molecule has 142 valence electrons. The fourth-order valence-electron chi connectivity index (χ4n) is 4.05. The molecule has 6 heteroatoms. The van der Waals surface area contributed by atoms with E-state index in [1.807, 2.05) is 36.1 Å². The molecule has 1 saturated carbocycles. The van der Waals surface area contributed by atoms with Gasteiger partial charge in [0, 0.05) is 37.3 Å². The number of nitrogens with one attached hydrogen (secondary N) is 1. The molecule has 1 atom stereocenters. The van der Waals surface area contributed by atoms with Crippen LogP contribution in [0.15, 0.2) is 24.3 Å². The van der Waals surface area contributed by atoms with Crippen molar-refractivity contribution in [1.82, 2.24) is 10.2 Å². The first kappa shape index (κ1) is 18.5. The number of anilines is 1. The van der Waals surface area contributed by atoms with Crippen molar-refractivity contribution in [1.29, 1.82) is 0 Å². The van der Waals surface area contributed by atoms with Crippen molar-refractivity contribution in [2.24, 2.45) is 0 Å². The largest absolute Gasteiger partial charge is 0.497 e. The summed E-state index contributed by atoms with van der Waals surface area (Å²) in [5.41, 5.74) is 0.811. The van der Waals surface area contributed by atoms with Crippen LogP contribution in [0.2, 0.25) is 0 Å². The van der Waals surface area contributed by atoms with Gasteiger partial charge in [-0.15, -0.1) is 0 Å². The van der Waals surface area contributed by atoms with Crippen LogP contribution >= 0.6 is 0 Å². The maximum atomic E-state index is 12.7. The van der Waals surface area contributed by atoms with Crippen LogP contribution in [0, 0.1) is 0 Å². The first-order valence-electron chi connectivity index (χ1n) is 9.64. The van der Waals surface area contributed by atoms with E-state index >= 15 is 0 Å². The summed E-state index contributed by atoms with van der Waals surface area (Å²) < 4.78 is 5.24. The van der Waals surface area contributed by atoms with Crippen molar-refractivity contribution in [3.63, 3.8) is 0 Å². The average Bonchev–Trinajstić information content (AvgIpc) is 3.03. The highest BCUT2D eigenvalue weighted by Gasteiger charge is 2.33. The lowest BCUT2D eigenvalue weighted by molar-refractivity contribution is -0.117. The van der Waals surface area contributed by atoms with Crippen LogP contribution in [0.1, 0.15) is 45.4 Å². The van der Waals surface area contributed by atoms with Crippen LogP contribution in [0.25, 0.3) is 0 Å². The Labute approximate surface area is 155 Å². The second-order valence-electron chi connectivity index (χ2n) is 7.13. The molecule has 2 aliphatic rings. The lowest BCUT2D eigenvalue weighted by Gasteiger charge is -2.34. The number of urea groups is 1. The minimum atomic E-state index is -0.154. The lowest BCUT2D eigenvalue weighted by atomic mass is 9.94. The molecule has 26 heavy (non-hydrogen) atoms. The fraction of sp³-hybridized carbons (Fsp3) is 0.600. The highest BCUT2D eigenvalue weighted by molar-refractivity contribution is 5.97. The second kappa shape index (κ2) is 8.43. The molecule has 1 aromatic rings. The molecule has 3 rings (SSSR count). The summed E-state index contributed by atoms with van der Waals surface area (Å²) in [6.45, 7) is 3.23. The van der Waals surface area contributed by atoms with Crippen molar-refractivity contribution >= 4 is 17.6 Å². The molecular formula is C20H29N3O3. The number of amides is 3. The minimum absolute atomic E-state index is 0.0317. The van der Waals surface area contributed by atoms with E-state index in [0.29, 0.717) is 25.6 Å². The average molecular weight is 359 g/mol. The maximum absolute atomic E-state index is 12.7. The third-order valence-electron chi connectivity index (χ3n) is 5.43. The van der Waals surface area contributed by atoms with Gasteiger partial charge in [-0.25, -0.2) is 4.79 Å². The number of carbonyl (C=O) groups is 2. The van der Waals surface area contributed by atoms with Crippen molar-refractivity contribution in [3.8, 4) is 5.75 Å². The first-order valence-corrected chi connectivity index (χ1v) is 9.64. The Morgan fingerprint density at radius 2 is 2.08 bits per heavy atom. The first-order chi connectivity index (χ1) is 12.6. The Hall–Kier alpha value is -2.24. The zero-order valence-electron chi connectivity index (χ0n) is 15.7. The van der Waals surface area contributed by atoms with E-state index in [2.05, 4.69) is 5.32 Å². The molecule has 3 amide bonds. The molecule has 0 radical (unpaired) electrons. The van der Waals surface area contributed by atoms with E-state index in [1.54, 1.807) is 12.0 Å².